The van der Waals surface area contributed by atoms with Crippen molar-refractivity contribution in [3.8, 4) is 17.7 Å². The molecule has 1 heterocycles. The summed E-state index contributed by atoms with van der Waals surface area (Å²) in [5, 5.41) is 0. The van der Waals surface area contributed by atoms with E-state index in [-0.39, 0.29) is 0 Å². The third-order valence-electron chi connectivity index (χ3n) is 3.79. The van der Waals surface area contributed by atoms with Gasteiger partial charge in [0.2, 0.25) is 5.88 Å². The first-order valence-electron chi connectivity index (χ1n) is 7.85. The van der Waals surface area contributed by atoms with Crippen LogP contribution in [-0.4, -0.2) is 12.1 Å². The highest BCUT2D eigenvalue weighted by Crippen LogP contribution is 2.28. The van der Waals surface area contributed by atoms with E-state index in [0.717, 1.165) is 23.3 Å². The van der Waals surface area contributed by atoms with Gasteiger partial charge in [0.05, 0.1) is 7.11 Å². The van der Waals surface area contributed by atoms with Crippen LogP contribution in [-0.2, 0) is 0 Å². The molecule has 0 aliphatic rings. The number of hydrogen-bond acceptors (Lipinski definition) is 2. The molecule has 0 saturated carbocycles. The Morgan fingerprint density at radius 2 is 1.78 bits per heavy atom. The van der Waals surface area contributed by atoms with Crippen LogP contribution in [0.2, 0.25) is 0 Å². The van der Waals surface area contributed by atoms with E-state index in [2.05, 4.69) is 61.9 Å². The monoisotopic (exact) mass is 305 g/mol. The largest absolute Gasteiger partial charge is 0.481 e. The molecule has 0 aliphatic heterocycles. The smallest absolute Gasteiger partial charge is 0.213 e. The van der Waals surface area contributed by atoms with Gasteiger partial charge in [-0.1, -0.05) is 48.6 Å². The number of rotatable bonds is 3. The molecule has 0 bridgehead atoms. The average Bonchev–Trinajstić information content (AvgIpc) is 2.56. The van der Waals surface area contributed by atoms with Crippen molar-refractivity contribution >= 4 is 11.1 Å². The van der Waals surface area contributed by atoms with E-state index in [1.54, 1.807) is 7.11 Å². The summed E-state index contributed by atoms with van der Waals surface area (Å²) in [7, 11) is 1.63. The fourth-order valence-corrected chi connectivity index (χ4v) is 2.40. The van der Waals surface area contributed by atoms with Crippen molar-refractivity contribution in [1.82, 2.24) is 4.98 Å². The van der Waals surface area contributed by atoms with Gasteiger partial charge in [0, 0.05) is 29.3 Å². The van der Waals surface area contributed by atoms with Crippen molar-refractivity contribution in [3.63, 3.8) is 0 Å². The Balaban J connectivity index is 2.61. The van der Waals surface area contributed by atoms with Crippen LogP contribution in [0.3, 0.4) is 0 Å². The molecular formula is C21H23NO. The third kappa shape index (κ3) is 4.02. The molecule has 0 unspecified atom stereocenters. The first-order valence-corrected chi connectivity index (χ1v) is 7.85. The van der Waals surface area contributed by atoms with Crippen LogP contribution >= 0.6 is 0 Å². The maximum Gasteiger partial charge on any atom is 0.213 e. The lowest BCUT2D eigenvalue weighted by molar-refractivity contribution is 0.397. The lowest BCUT2D eigenvalue weighted by atomic mass is 9.94. The van der Waals surface area contributed by atoms with Gasteiger partial charge in [0.25, 0.3) is 0 Å². The molecule has 0 atom stereocenters. The first-order chi connectivity index (χ1) is 11.1. The van der Waals surface area contributed by atoms with E-state index in [0.29, 0.717) is 5.88 Å². The number of ether oxygens (including phenoxy) is 1. The van der Waals surface area contributed by atoms with Gasteiger partial charge in [-0.3, -0.25) is 0 Å². The van der Waals surface area contributed by atoms with Crippen LogP contribution in [0.15, 0.2) is 36.4 Å². The fraction of sp³-hybridized carbons (Fsp3) is 0.286. The number of methoxy groups -OCH3 is 1. The molecule has 0 radical (unpaired) electrons. The zero-order valence-electron chi connectivity index (χ0n) is 14.5. The SMILES string of the molecule is CCC#C/C(=C(/C)c1ccc(C)cc1)c1ccc(OC)nc1C. The Labute approximate surface area is 139 Å². The molecule has 0 fully saturated rings. The van der Waals surface area contributed by atoms with Gasteiger partial charge in [0.1, 0.15) is 0 Å². The Kier molecular flexibility index (Phi) is 5.60. The molecule has 2 aromatic rings. The van der Waals surface area contributed by atoms with E-state index >= 15 is 0 Å². The molecule has 2 nitrogen and oxygen atoms in total. The van der Waals surface area contributed by atoms with E-state index in [1.807, 2.05) is 19.1 Å². The summed E-state index contributed by atoms with van der Waals surface area (Å²) in [5.74, 6) is 7.15. The van der Waals surface area contributed by atoms with Crippen LogP contribution < -0.4 is 4.74 Å². The van der Waals surface area contributed by atoms with Crippen molar-refractivity contribution in [3.05, 3.63) is 58.8 Å². The molecule has 0 saturated heterocycles. The summed E-state index contributed by atoms with van der Waals surface area (Å²) in [6.07, 6.45) is 0.827. The summed E-state index contributed by atoms with van der Waals surface area (Å²) < 4.78 is 5.21. The molecular weight excluding hydrogens is 282 g/mol. The minimum Gasteiger partial charge on any atom is -0.481 e. The zero-order chi connectivity index (χ0) is 16.8. The Bertz CT molecular complexity index is 774. The second-order valence-electron chi connectivity index (χ2n) is 5.51. The highest BCUT2D eigenvalue weighted by atomic mass is 16.5. The topological polar surface area (TPSA) is 22.1 Å². The van der Waals surface area contributed by atoms with Crippen LogP contribution in [0.4, 0.5) is 0 Å². The second-order valence-corrected chi connectivity index (χ2v) is 5.51. The van der Waals surface area contributed by atoms with Gasteiger partial charge in [-0.15, -0.1) is 0 Å². The molecule has 0 N–H and O–H groups in total. The molecule has 0 amide bonds. The maximum absolute atomic E-state index is 5.21. The minimum absolute atomic E-state index is 0.627. The number of benzene rings is 1. The molecule has 0 aliphatic carbocycles. The molecule has 2 rings (SSSR count). The summed E-state index contributed by atoms with van der Waals surface area (Å²) in [6, 6.07) is 12.5. The molecule has 1 aromatic heterocycles. The van der Waals surface area contributed by atoms with Crippen molar-refractivity contribution in [2.75, 3.05) is 7.11 Å². The van der Waals surface area contributed by atoms with Crippen LogP contribution in [0, 0.1) is 25.7 Å². The quantitative estimate of drug-likeness (QED) is 0.740. The van der Waals surface area contributed by atoms with Crippen molar-refractivity contribution in [2.45, 2.75) is 34.1 Å². The van der Waals surface area contributed by atoms with E-state index in [9.17, 15) is 0 Å². The second kappa shape index (κ2) is 7.65. The van der Waals surface area contributed by atoms with Gasteiger partial charge < -0.3 is 4.74 Å². The summed E-state index contributed by atoms with van der Waals surface area (Å²) in [4.78, 5) is 4.49. The Morgan fingerprint density at radius 1 is 1.09 bits per heavy atom. The normalized spacial score (nSPS) is 11.3. The van der Waals surface area contributed by atoms with Gasteiger partial charge in [-0.05, 0) is 38.0 Å². The molecule has 1 aromatic carbocycles. The van der Waals surface area contributed by atoms with E-state index < -0.39 is 0 Å². The van der Waals surface area contributed by atoms with Crippen LogP contribution in [0.5, 0.6) is 5.88 Å². The molecule has 2 heteroatoms. The first kappa shape index (κ1) is 16.8. The van der Waals surface area contributed by atoms with Gasteiger partial charge in [-0.25, -0.2) is 4.98 Å². The average molecular weight is 305 g/mol. The van der Waals surface area contributed by atoms with Crippen molar-refractivity contribution in [2.24, 2.45) is 0 Å². The van der Waals surface area contributed by atoms with E-state index in [4.69, 9.17) is 4.74 Å². The maximum atomic E-state index is 5.21. The number of nitrogens with zero attached hydrogens (tertiary/aromatic N) is 1. The lowest BCUT2D eigenvalue weighted by Gasteiger charge is -2.11. The standard InChI is InChI=1S/C21H23NO/c1-6-7-8-19(16(3)18-11-9-15(2)10-12-18)20-13-14-21(23-5)22-17(20)4/h9-14H,6H2,1-5H3/b19-16+. The summed E-state index contributed by atoms with van der Waals surface area (Å²) in [5.41, 5.74) is 6.63. The van der Waals surface area contributed by atoms with E-state index in [1.165, 1.54) is 16.7 Å². The predicted molar refractivity (Wildman–Crippen MR) is 97.3 cm³/mol. The molecule has 118 valence electrons. The Hall–Kier alpha value is -2.53. The van der Waals surface area contributed by atoms with Crippen molar-refractivity contribution < 1.29 is 4.74 Å². The fourth-order valence-electron chi connectivity index (χ4n) is 2.40. The lowest BCUT2D eigenvalue weighted by Crippen LogP contribution is -1.96. The van der Waals surface area contributed by atoms with Crippen molar-refractivity contribution in [1.29, 1.82) is 0 Å². The number of hydrogen-bond donors (Lipinski definition) is 0. The number of pyridine rings is 1. The number of aryl methyl sites for hydroxylation is 2. The van der Waals surface area contributed by atoms with Gasteiger partial charge in [0.15, 0.2) is 0 Å². The van der Waals surface area contributed by atoms with Gasteiger partial charge in [-0.2, -0.15) is 0 Å². The molecule has 0 spiro atoms. The zero-order valence-corrected chi connectivity index (χ0v) is 14.5. The van der Waals surface area contributed by atoms with Crippen LogP contribution in [0.25, 0.3) is 11.1 Å². The predicted octanol–water partition coefficient (Wildman–Crippen LogP) is 5.05. The third-order valence-corrected chi connectivity index (χ3v) is 3.79. The highest BCUT2D eigenvalue weighted by Gasteiger charge is 2.10. The minimum atomic E-state index is 0.627. The molecule has 23 heavy (non-hydrogen) atoms. The van der Waals surface area contributed by atoms with Gasteiger partial charge >= 0.3 is 0 Å². The Morgan fingerprint density at radius 3 is 2.35 bits per heavy atom. The van der Waals surface area contributed by atoms with Crippen LogP contribution in [0.1, 0.15) is 42.7 Å². The summed E-state index contributed by atoms with van der Waals surface area (Å²) >= 11 is 0. The summed E-state index contributed by atoms with van der Waals surface area (Å²) in [6.45, 7) is 8.27. The number of aromatic nitrogens is 1. The highest BCUT2D eigenvalue weighted by molar-refractivity contribution is 5.98. The number of allylic oxidation sites excluding steroid dienone is 2.